The average molecular weight is 292 g/mol. The van der Waals surface area contributed by atoms with Crippen LogP contribution in [0.1, 0.15) is 15.9 Å². The van der Waals surface area contributed by atoms with Crippen molar-refractivity contribution in [1.29, 1.82) is 0 Å². The highest BCUT2D eigenvalue weighted by molar-refractivity contribution is 5.99. The van der Waals surface area contributed by atoms with E-state index in [0.29, 0.717) is 24.3 Å². The van der Waals surface area contributed by atoms with Crippen LogP contribution < -0.4 is 0 Å². The van der Waals surface area contributed by atoms with Crippen LogP contribution in [0.25, 0.3) is 6.08 Å². The molecule has 0 aliphatic carbocycles. The van der Waals surface area contributed by atoms with E-state index in [4.69, 9.17) is 9.84 Å². The van der Waals surface area contributed by atoms with Gasteiger partial charge in [-0.3, -0.25) is 9.78 Å². The molecular formula is C14H16N2O5. The van der Waals surface area contributed by atoms with Crippen LogP contribution in [0.4, 0.5) is 0 Å². The molecule has 2 rings (SSSR count). The molecule has 2 N–H and O–H groups in total. The van der Waals surface area contributed by atoms with E-state index < -0.39 is 12.0 Å². The number of hydrogen-bond donors (Lipinski definition) is 2. The summed E-state index contributed by atoms with van der Waals surface area (Å²) in [5, 5.41) is 18.0. The second kappa shape index (κ2) is 6.96. The summed E-state index contributed by atoms with van der Waals surface area (Å²) in [6, 6.07) is 1.14. The number of carboxylic acids is 1. The summed E-state index contributed by atoms with van der Waals surface area (Å²) >= 11 is 0. The molecule has 1 saturated heterocycles. The zero-order valence-electron chi connectivity index (χ0n) is 11.3. The highest BCUT2D eigenvalue weighted by atomic mass is 16.5. The molecule has 1 unspecified atom stereocenters. The van der Waals surface area contributed by atoms with Crippen LogP contribution in [0.3, 0.4) is 0 Å². The van der Waals surface area contributed by atoms with Crippen molar-refractivity contribution < 1.29 is 24.5 Å². The van der Waals surface area contributed by atoms with Gasteiger partial charge >= 0.3 is 5.97 Å². The maximum Gasteiger partial charge on any atom is 0.328 e. The van der Waals surface area contributed by atoms with Crippen molar-refractivity contribution in [2.45, 2.75) is 6.04 Å². The fraction of sp³-hybridized carbons (Fsp3) is 0.357. The third-order valence-corrected chi connectivity index (χ3v) is 3.19. The number of carbonyl (C=O) groups excluding carboxylic acids is 1. The summed E-state index contributed by atoms with van der Waals surface area (Å²) in [6.07, 6.45) is 5.19. The second-order valence-corrected chi connectivity index (χ2v) is 4.54. The molecule has 1 aliphatic heterocycles. The van der Waals surface area contributed by atoms with Crippen molar-refractivity contribution in [1.82, 2.24) is 9.88 Å². The monoisotopic (exact) mass is 292 g/mol. The van der Waals surface area contributed by atoms with E-state index in [2.05, 4.69) is 4.98 Å². The quantitative estimate of drug-likeness (QED) is 0.758. The normalized spacial score (nSPS) is 18.9. The first-order valence-corrected chi connectivity index (χ1v) is 6.48. The Bertz CT molecular complexity index is 558. The third-order valence-electron chi connectivity index (χ3n) is 3.19. The molecule has 1 aromatic heterocycles. The first-order chi connectivity index (χ1) is 10.1. The van der Waals surface area contributed by atoms with Gasteiger partial charge in [-0.2, -0.15) is 0 Å². The molecule has 21 heavy (non-hydrogen) atoms. The molecule has 2 heterocycles. The molecule has 112 valence electrons. The lowest BCUT2D eigenvalue weighted by Gasteiger charge is -2.34. The number of aliphatic carboxylic acids is 1. The van der Waals surface area contributed by atoms with E-state index in [1.165, 1.54) is 29.4 Å². The minimum atomic E-state index is -1.10. The van der Waals surface area contributed by atoms with Gasteiger partial charge in [0.2, 0.25) is 0 Å². The Kier molecular flexibility index (Phi) is 5.02. The third kappa shape index (κ3) is 3.65. The van der Waals surface area contributed by atoms with Crippen LogP contribution in [0, 0.1) is 0 Å². The molecule has 7 heteroatoms. The van der Waals surface area contributed by atoms with Crippen molar-refractivity contribution in [2.24, 2.45) is 0 Å². The van der Waals surface area contributed by atoms with E-state index in [9.17, 15) is 14.7 Å². The largest absolute Gasteiger partial charge is 0.478 e. The van der Waals surface area contributed by atoms with Gasteiger partial charge in [0.05, 0.1) is 25.9 Å². The van der Waals surface area contributed by atoms with Gasteiger partial charge < -0.3 is 19.8 Å². The van der Waals surface area contributed by atoms with Crippen molar-refractivity contribution in [3.8, 4) is 0 Å². The Balaban J connectivity index is 2.28. The van der Waals surface area contributed by atoms with Crippen LogP contribution in [-0.4, -0.2) is 64.4 Å². The first-order valence-electron chi connectivity index (χ1n) is 6.48. The fourth-order valence-corrected chi connectivity index (χ4v) is 2.12. The Morgan fingerprint density at radius 3 is 3.05 bits per heavy atom. The Morgan fingerprint density at radius 2 is 2.33 bits per heavy atom. The number of rotatable bonds is 4. The Morgan fingerprint density at radius 1 is 1.52 bits per heavy atom. The zero-order valence-corrected chi connectivity index (χ0v) is 11.3. The van der Waals surface area contributed by atoms with Gasteiger partial charge in [-0.1, -0.05) is 0 Å². The summed E-state index contributed by atoms with van der Waals surface area (Å²) in [6.45, 7) is 0.896. The number of aliphatic hydroxyl groups excluding tert-OH is 1. The molecule has 0 saturated carbocycles. The minimum Gasteiger partial charge on any atom is -0.478 e. The van der Waals surface area contributed by atoms with Crippen LogP contribution in [0.15, 0.2) is 24.5 Å². The summed E-state index contributed by atoms with van der Waals surface area (Å²) in [4.78, 5) is 28.6. The van der Waals surface area contributed by atoms with Gasteiger partial charge in [0.1, 0.15) is 0 Å². The molecule has 0 aromatic carbocycles. The highest BCUT2D eigenvalue weighted by Crippen LogP contribution is 2.16. The van der Waals surface area contributed by atoms with Gasteiger partial charge in [-0.15, -0.1) is 0 Å². The van der Waals surface area contributed by atoms with Crippen LogP contribution in [0.5, 0.6) is 0 Å². The highest BCUT2D eigenvalue weighted by Gasteiger charge is 2.28. The Hall–Kier alpha value is -2.25. The maximum atomic E-state index is 12.6. The molecule has 0 radical (unpaired) electrons. The average Bonchev–Trinajstić information content (AvgIpc) is 2.52. The van der Waals surface area contributed by atoms with Gasteiger partial charge in [-0.05, 0) is 12.1 Å². The van der Waals surface area contributed by atoms with Crippen molar-refractivity contribution in [3.63, 3.8) is 0 Å². The molecule has 1 aromatic rings. The molecule has 1 amide bonds. The number of hydrogen-bond acceptors (Lipinski definition) is 5. The van der Waals surface area contributed by atoms with E-state index in [-0.39, 0.29) is 19.1 Å². The van der Waals surface area contributed by atoms with E-state index in [1.807, 2.05) is 0 Å². The van der Waals surface area contributed by atoms with Crippen molar-refractivity contribution >= 4 is 18.0 Å². The zero-order chi connectivity index (χ0) is 15.2. The predicted molar refractivity (Wildman–Crippen MR) is 73.6 cm³/mol. The number of amides is 1. The second-order valence-electron chi connectivity index (χ2n) is 4.54. The SMILES string of the molecule is O=C(O)/C=C/c1cnccc1C(=O)N1CCOCC1CO. The molecule has 1 atom stereocenters. The smallest absolute Gasteiger partial charge is 0.328 e. The van der Waals surface area contributed by atoms with Crippen LogP contribution in [-0.2, 0) is 9.53 Å². The molecule has 1 aliphatic rings. The van der Waals surface area contributed by atoms with E-state index in [1.54, 1.807) is 0 Å². The number of nitrogens with zero attached hydrogens (tertiary/aromatic N) is 2. The van der Waals surface area contributed by atoms with Crippen molar-refractivity contribution in [3.05, 3.63) is 35.7 Å². The Labute approximate surface area is 121 Å². The number of morpholine rings is 1. The number of aromatic nitrogens is 1. The molecule has 1 fully saturated rings. The summed E-state index contributed by atoms with van der Waals surface area (Å²) < 4.78 is 5.24. The van der Waals surface area contributed by atoms with E-state index >= 15 is 0 Å². The number of carbonyl (C=O) groups is 2. The van der Waals surface area contributed by atoms with Crippen LogP contribution in [0.2, 0.25) is 0 Å². The van der Waals surface area contributed by atoms with Crippen LogP contribution >= 0.6 is 0 Å². The van der Waals surface area contributed by atoms with Crippen molar-refractivity contribution in [2.75, 3.05) is 26.4 Å². The van der Waals surface area contributed by atoms with Gasteiger partial charge in [0.15, 0.2) is 0 Å². The lowest BCUT2D eigenvalue weighted by Crippen LogP contribution is -2.50. The topological polar surface area (TPSA) is 100.0 Å². The number of pyridine rings is 1. The predicted octanol–water partition coefficient (Wildman–Crippen LogP) is 0.0127. The summed E-state index contributed by atoms with van der Waals surface area (Å²) in [7, 11) is 0. The lowest BCUT2D eigenvalue weighted by molar-refractivity contribution is -0.131. The summed E-state index contributed by atoms with van der Waals surface area (Å²) in [5.74, 6) is -1.37. The van der Waals surface area contributed by atoms with Gasteiger partial charge in [0, 0.05) is 36.1 Å². The fourth-order valence-electron chi connectivity index (χ4n) is 2.12. The molecule has 7 nitrogen and oxygen atoms in total. The maximum absolute atomic E-state index is 12.6. The van der Waals surface area contributed by atoms with Gasteiger partial charge in [-0.25, -0.2) is 4.79 Å². The number of carboxylic acid groups (broad SMARTS) is 1. The van der Waals surface area contributed by atoms with E-state index in [0.717, 1.165) is 6.08 Å². The lowest BCUT2D eigenvalue weighted by atomic mass is 10.1. The molecule has 0 bridgehead atoms. The number of ether oxygens (including phenoxy) is 1. The molecule has 0 spiro atoms. The van der Waals surface area contributed by atoms with Gasteiger partial charge in [0.25, 0.3) is 5.91 Å². The standard InChI is InChI=1S/C14H16N2O5/c17-8-11-9-21-6-5-16(11)14(20)12-3-4-15-7-10(12)1-2-13(18)19/h1-4,7,11,17H,5-6,8-9H2,(H,18,19)/b2-1+. The number of aliphatic hydroxyl groups is 1. The first kappa shape index (κ1) is 15.1. The minimum absolute atomic E-state index is 0.183. The molecular weight excluding hydrogens is 276 g/mol. The summed E-state index contributed by atoms with van der Waals surface area (Å²) in [5.41, 5.74) is 0.774.